The normalized spacial score (nSPS) is 20.4. The molecule has 2 aliphatic rings. The summed E-state index contributed by atoms with van der Waals surface area (Å²) < 4.78 is 0. The van der Waals surface area contributed by atoms with E-state index in [2.05, 4.69) is 20.5 Å². The molecule has 2 fully saturated rings. The second-order valence-corrected chi connectivity index (χ2v) is 8.32. The topological polar surface area (TPSA) is 74.3 Å². The summed E-state index contributed by atoms with van der Waals surface area (Å²) in [5.41, 5.74) is 0. The van der Waals surface area contributed by atoms with Crippen molar-refractivity contribution in [2.75, 3.05) is 18.4 Å². The molecule has 3 rings (SSSR count). The van der Waals surface area contributed by atoms with E-state index >= 15 is 0 Å². The van der Waals surface area contributed by atoms with Crippen LogP contribution in [0.15, 0.2) is 6.20 Å². The minimum absolute atomic E-state index is 0.0920. The SMILES string of the molecule is CC(=O)Nc1ncc(CN2CCC(C(=O)NC3CCCCC3)CC2)s1. The number of amides is 2. The van der Waals surface area contributed by atoms with E-state index < -0.39 is 0 Å². The van der Waals surface area contributed by atoms with Gasteiger partial charge in [0.15, 0.2) is 5.13 Å². The van der Waals surface area contributed by atoms with Gasteiger partial charge in [-0.3, -0.25) is 14.5 Å². The molecular formula is C18H28N4O2S. The molecular weight excluding hydrogens is 336 g/mol. The lowest BCUT2D eigenvalue weighted by Gasteiger charge is -2.32. The maximum atomic E-state index is 12.5. The van der Waals surface area contributed by atoms with Crippen molar-refractivity contribution in [1.82, 2.24) is 15.2 Å². The Balaban J connectivity index is 1.41. The Kier molecular flexibility index (Phi) is 6.42. The zero-order chi connectivity index (χ0) is 17.6. The molecule has 0 unspecified atom stereocenters. The van der Waals surface area contributed by atoms with Gasteiger partial charge in [0.05, 0.1) is 0 Å². The predicted molar refractivity (Wildman–Crippen MR) is 99.4 cm³/mol. The van der Waals surface area contributed by atoms with E-state index in [-0.39, 0.29) is 17.7 Å². The molecule has 1 aromatic rings. The summed E-state index contributed by atoms with van der Waals surface area (Å²) in [6, 6.07) is 0.406. The van der Waals surface area contributed by atoms with E-state index in [0.717, 1.165) is 50.2 Å². The maximum absolute atomic E-state index is 12.5. The summed E-state index contributed by atoms with van der Waals surface area (Å²) in [6.07, 6.45) is 9.78. The standard InChI is InChI=1S/C18H28N4O2S/c1-13(23)20-18-19-11-16(25-18)12-22-9-7-14(8-10-22)17(24)21-15-5-3-2-4-6-15/h11,14-15H,2-10,12H2,1H3,(H,21,24)(H,19,20,23). The van der Waals surface area contributed by atoms with Crippen LogP contribution in [0.5, 0.6) is 0 Å². The molecule has 1 aliphatic heterocycles. The number of thiazole rings is 1. The molecule has 6 nitrogen and oxygen atoms in total. The average Bonchev–Trinajstić information content (AvgIpc) is 3.02. The number of anilines is 1. The minimum atomic E-state index is -0.0920. The zero-order valence-electron chi connectivity index (χ0n) is 14.9. The fourth-order valence-corrected chi connectivity index (χ4v) is 4.63. The van der Waals surface area contributed by atoms with Crippen molar-refractivity contribution in [1.29, 1.82) is 0 Å². The minimum Gasteiger partial charge on any atom is -0.353 e. The molecule has 0 bridgehead atoms. The van der Waals surface area contributed by atoms with Gasteiger partial charge in [-0.05, 0) is 38.8 Å². The molecule has 7 heteroatoms. The predicted octanol–water partition coefficient (Wildman–Crippen LogP) is 2.76. The van der Waals surface area contributed by atoms with E-state index in [9.17, 15) is 9.59 Å². The Morgan fingerprint density at radius 2 is 1.92 bits per heavy atom. The van der Waals surface area contributed by atoms with Gasteiger partial charge >= 0.3 is 0 Å². The third kappa shape index (κ3) is 5.51. The number of nitrogens with one attached hydrogen (secondary N) is 2. The molecule has 25 heavy (non-hydrogen) atoms. The smallest absolute Gasteiger partial charge is 0.223 e. The lowest BCUT2D eigenvalue weighted by atomic mass is 9.92. The number of hydrogen-bond donors (Lipinski definition) is 2. The molecule has 0 aromatic carbocycles. The van der Waals surface area contributed by atoms with Crippen molar-refractivity contribution in [3.63, 3.8) is 0 Å². The van der Waals surface area contributed by atoms with Gasteiger partial charge in [0.25, 0.3) is 0 Å². The van der Waals surface area contributed by atoms with Crippen LogP contribution in [-0.2, 0) is 16.1 Å². The molecule has 2 amide bonds. The van der Waals surface area contributed by atoms with Crippen LogP contribution >= 0.6 is 11.3 Å². The number of carbonyl (C=O) groups excluding carboxylic acids is 2. The first-order valence-corrected chi connectivity index (χ1v) is 10.2. The monoisotopic (exact) mass is 364 g/mol. The summed E-state index contributed by atoms with van der Waals surface area (Å²) in [7, 11) is 0. The van der Waals surface area contributed by atoms with Crippen molar-refractivity contribution < 1.29 is 9.59 Å². The van der Waals surface area contributed by atoms with Crippen molar-refractivity contribution in [2.45, 2.75) is 64.5 Å². The van der Waals surface area contributed by atoms with Crippen LogP contribution in [0.3, 0.4) is 0 Å². The highest BCUT2D eigenvalue weighted by atomic mass is 32.1. The van der Waals surface area contributed by atoms with Gasteiger partial charge in [0, 0.05) is 36.5 Å². The lowest BCUT2D eigenvalue weighted by molar-refractivity contribution is -0.127. The summed E-state index contributed by atoms with van der Waals surface area (Å²) in [5, 5.41) is 6.65. The fraction of sp³-hybridized carbons (Fsp3) is 0.722. The zero-order valence-corrected chi connectivity index (χ0v) is 15.7. The van der Waals surface area contributed by atoms with Crippen molar-refractivity contribution in [3.8, 4) is 0 Å². The number of carbonyl (C=O) groups is 2. The van der Waals surface area contributed by atoms with Gasteiger partial charge in [-0.2, -0.15) is 0 Å². The molecule has 0 spiro atoms. The molecule has 0 radical (unpaired) electrons. The Labute approximate surface area is 153 Å². The molecule has 1 aliphatic carbocycles. The van der Waals surface area contributed by atoms with E-state index in [1.54, 1.807) is 0 Å². The number of aromatic nitrogens is 1. The first-order chi connectivity index (χ1) is 12.1. The summed E-state index contributed by atoms with van der Waals surface area (Å²) in [5.74, 6) is 0.331. The van der Waals surface area contributed by atoms with E-state index in [1.165, 1.54) is 37.5 Å². The third-order valence-corrected chi connectivity index (χ3v) is 6.02. The van der Waals surface area contributed by atoms with E-state index in [4.69, 9.17) is 0 Å². The fourth-order valence-electron chi connectivity index (χ4n) is 3.73. The third-order valence-electron chi connectivity index (χ3n) is 5.13. The van der Waals surface area contributed by atoms with Crippen LogP contribution in [0.25, 0.3) is 0 Å². The number of nitrogens with zero attached hydrogens (tertiary/aromatic N) is 2. The maximum Gasteiger partial charge on any atom is 0.223 e. The van der Waals surface area contributed by atoms with Crippen LogP contribution in [0, 0.1) is 5.92 Å². The molecule has 1 saturated heterocycles. The van der Waals surface area contributed by atoms with Gasteiger partial charge in [0.1, 0.15) is 0 Å². The van der Waals surface area contributed by atoms with Crippen LogP contribution in [0.1, 0.15) is 56.7 Å². The molecule has 2 heterocycles. The molecule has 2 N–H and O–H groups in total. The largest absolute Gasteiger partial charge is 0.353 e. The van der Waals surface area contributed by atoms with Crippen LogP contribution < -0.4 is 10.6 Å². The van der Waals surface area contributed by atoms with Crippen molar-refractivity contribution in [3.05, 3.63) is 11.1 Å². The first-order valence-electron chi connectivity index (χ1n) is 9.35. The van der Waals surface area contributed by atoms with E-state index in [1.807, 2.05) is 6.20 Å². The van der Waals surface area contributed by atoms with Gasteiger partial charge in [-0.25, -0.2) is 4.98 Å². The molecule has 138 valence electrons. The van der Waals surface area contributed by atoms with E-state index in [0.29, 0.717) is 11.2 Å². The van der Waals surface area contributed by atoms with Gasteiger partial charge in [-0.1, -0.05) is 19.3 Å². The Bertz CT molecular complexity index is 590. The molecule has 1 aromatic heterocycles. The average molecular weight is 365 g/mol. The summed E-state index contributed by atoms with van der Waals surface area (Å²) in [6.45, 7) is 4.21. The van der Waals surface area contributed by atoms with Crippen molar-refractivity contribution >= 4 is 28.3 Å². The number of rotatable bonds is 5. The van der Waals surface area contributed by atoms with Gasteiger partial charge in [-0.15, -0.1) is 11.3 Å². The van der Waals surface area contributed by atoms with Gasteiger partial charge < -0.3 is 10.6 Å². The first kappa shape index (κ1) is 18.3. The summed E-state index contributed by atoms with van der Waals surface area (Å²) >= 11 is 1.52. The summed E-state index contributed by atoms with van der Waals surface area (Å²) in [4.78, 5) is 31.3. The number of likely N-dealkylation sites (tertiary alicyclic amines) is 1. The second kappa shape index (κ2) is 8.76. The second-order valence-electron chi connectivity index (χ2n) is 7.21. The molecule has 0 atom stereocenters. The highest BCUT2D eigenvalue weighted by Gasteiger charge is 2.27. The Morgan fingerprint density at radius 3 is 2.60 bits per heavy atom. The van der Waals surface area contributed by atoms with Crippen LogP contribution in [0.2, 0.25) is 0 Å². The Hall–Kier alpha value is -1.47. The molecule has 1 saturated carbocycles. The van der Waals surface area contributed by atoms with Crippen molar-refractivity contribution in [2.24, 2.45) is 5.92 Å². The lowest BCUT2D eigenvalue weighted by Crippen LogP contribution is -2.44. The van der Waals surface area contributed by atoms with Crippen LogP contribution in [-0.4, -0.2) is 40.8 Å². The quantitative estimate of drug-likeness (QED) is 0.842. The Morgan fingerprint density at radius 1 is 1.20 bits per heavy atom. The number of hydrogen-bond acceptors (Lipinski definition) is 5. The highest BCUT2D eigenvalue weighted by molar-refractivity contribution is 7.15. The number of piperidine rings is 1. The highest BCUT2D eigenvalue weighted by Crippen LogP contribution is 2.24. The van der Waals surface area contributed by atoms with Gasteiger partial charge in [0.2, 0.25) is 11.8 Å². The van der Waals surface area contributed by atoms with Crippen LogP contribution in [0.4, 0.5) is 5.13 Å².